The maximum absolute atomic E-state index is 12.5. The first-order chi connectivity index (χ1) is 9.96. The van der Waals surface area contributed by atoms with E-state index in [0.29, 0.717) is 31.2 Å². The maximum atomic E-state index is 12.5. The molecular weight excluding hydrogens is 308 g/mol. The van der Waals surface area contributed by atoms with Gasteiger partial charge in [-0.3, -0.25) is 9.88 Å². The lowest BCUT2D eigenvalue weighted by molar-refractivity contribution is 0.165. The minimum atomic E-state index is -3.46. The van der Waals surface area contributed by atoms with Crippen LogP contribution in [0.3, 0.4) is 0 Å². The number of piperazine rings is 1. The molecule has 2 N–H and O–H groups in total. The lowest BCUT2D eigenvalue weighted by Crippen LogP contribution is -2.54. The topological polar surface area (TPSA) is 79.5 Å². The third-order valence-electron chi connectivity index (χ3n) is 3.70. The molecule has 8 heteroatoms. The number of rotatable bonds is 5. The van der Waals surface area contributed by atoms with Crippen molar-refractivity contribution in [1.29, 1.82) is 0 Å². The van der Waals surface area contributed by atoms with E-state index in [1.165, 1.54) is 10.5 Å². The predicted octanol–water partition coefficient (Wildman–Crippen LogP) is 0.453. The van der Waals surface area contributed by atoms with Crippen molar-refractivity contribution in [2.75, 3.05) is 26.2 Å². The van der Waals surface area contributed by atoms with Crippen LogP contribution in [0, 0.1) is 0 Å². The number of hydrogen-bond acceptors (Lipinski definition) is 5. The second-order valence-electron chi connectivity index (χ2n) is 4.96. The molecule has 1 saturated heterocycles. The molecule has 0 saturated carbocycles. The van der Waals surface area contributed by atoms with Crippen LogP contribution in [0.25, 0.3) is 0 Å². The lowest BCUT2D eigenvalue weighted by Gasteiger charge is -2.37. The summed E-state index contributed by atoms with van der Waals surface area (Å²) < 4.78 is 26.5. The summed E-state index contributed by atoms with van der Waals surface area (Å²) in [6, 6.07) is 3.24. The molecule has 0 radical (unpaired) electrons. The Hall–Kier alpha value is -1.09. The number of sulfonamides is 1. The molecule has 0 bridgehead atoms. The summed E-state index contributed by atoms with van der Waals surface area (Å²) in [5.41, 5.74) is 5.74. The molecule has 1 atom stereocenters. The van der Waals surface area contributed by atoms with Gasteiger partial charge in [-0.15, -0.1) is 0 Å². The first-order valence-corrected chi connectivity index (χ1v) is 8.75. The van der Waals surface area contributed by atoms with Gasteiger partial charge in [0.15, 0.2) is 0 Å². The Morgan fingerprint density at radius 1 is 1.43 bits per heavy atom. The quantitative estimate of drug-likeness (QED) is 0.791. The SMILES string of the molecule is CCC(C(N)=S)N1CCN(S(=O)(=O)c2cccnc2)CC1. The van der Waals surface area contributed by atoms with Crippen molar-refractivity contribution in [3.63, 3.8) is 0 Å². The fourth-order valence-electron chi connectivity index (χ4n) is 2.54. The highest BCUT2D eigenvalue weighted by Crippen LogP contribution is 2.18. The van der Waals surface area contributed by atoms with Crippen molar-refractivity contribution in [3.05, 3.63) is 24.5 Å². The summed E-state index contributed by atoms with van der Waals surface area (Å²) in [5.74, 6) is 0. The molecule has 1 aromatic heterocycles. The largest absolute Gasteiger partial charge is 0.392 e. The standard InChI is InChI=1S/C13H20N4O2S2/c1-2-12(13(14)20)16-6-8-17(9-7-16)21(18,19)11-4-3-5-15-10-11/h3-5,10,12H,2,6-9H2,1H3,(H2,14,20). The number of pyridine rings is 1. The molecule has 2 heterocycles. The van der Waals surface area contributed by atoms with Crippen molar-refractivity contribution in [3.8, 4) is 0 Å². The first kappa shape index (κ1) is 16.3. The van der Waals surface area contributed by atoms with Gasteiger partial charge >= 0.3 is 0 Å². The highest BCUT2D eigenvalue weighted by molar-refractivity contribution is 7.89. The number of hydrogen-bond donors (Lipinski definition) is 1. The average Bonchev–Trinajstić information content (AvgIpc) is 2.49. The van der Waals surface area contributed by atoms with Crippen LogP contribution in [-0.4, -0.2) is 59.8 Å². The number of nitrogens with two attached hydrogens (primary N) is 1. The molecule has 0 aromatic carbocycles. The second-order valence-corrected chi connectivity index (χ2v) is 7.36. The van der Waals surface area contributed by atoms with Crippen molar-refractivity contribution >= 4 is 27.2 Å². The normalized spacial score (nSPS) is 19.3. The van der Waals surface area contributed by atoms with Crippen LogP contribution < -0.4 is 5.73 Å². The van der Waals surface area contributed by atoms with Crippen molar-refractivity contribution in [1.82, 2.24) is 14.2 Å². The summed E-state index contributed by atoms with van der Waals surface area (Å²) in [6.07, 6.45) is 3.78. The van der Waals surface area contributed by atoms with E-state index in [-0.39, 0.29) is 10.9 Å². The highest BCUT2D eigenvalue weighted by Gasteiger charge is 2.31. The number of thiocarbonyl (C=S) groups is 1. The molecule has 116 valence electrons. The van der Waals surface area contributed by atoms with Gasteiger partial charge in [-0.1, -0.05) is 19.1 Å². The van der Waals surface area contributed by atoms with Crippen LogP contribution in [0.2, 0.25) is 0 Å². The van der Waals surface area contributed by atoms with E-state index in [4.69, 9.17) is 18.0 Å². The van der Waals surface area contributed by atoms with Gasteiger partial charge in [-0.05, 0) is 18.6 Å². The maximum Gasteiger partial charge on any atom is 0.244 e. The minimum absolute atomic E-state index is 0.0447. The predicted molar refractivity (Wildman–Crippen MR) is 85.4 cm³/mol. The van der Waals surface area contributed by atoms with Gasteiger partial charge in [-0.2, -0.15) is 4.31 Å². The average molecular weight is 328 g/mol. The second kappa shape index (κ2) is 6.78. The molecule has 1 aliphatic heterocycles. The summed E-state index contributed by atoms with van der Waals surface area (Å²) in [7, 11) is -3.46. The van der Waals surface area contributed by atoms with E-state index in [0.717, 1.165) is 6.42 Å². The summed E-state index contributed by atoms with van der Waals surface area (Å²) in [6.45, 7) is 4.18. The molecule has 6 nitrogen and oxygen atoms in total. The molecule has 2 rings (SSSR count). The molecule has 1 unspecified atom stereocenters. The molecule has 0 amide bonds. The third kappa shape index (κ3) is 3.57. The summed E-state index contributed by atoms with van der Waals surface area (Å²) in [4.78, 5) is 6.74. The van der Waals surface area contributed by atoms with Gasteiger partial charge in [0.05, 0.1) is 11.0 Å². The zero-order valence-corrected chi connectivity index (χ0v) is 13.6. The van der Waals surface area contributed by atoms with E-state index in [1.54, 1.807) is 18.3 Å². The van der Waals surface area contributed by atoms with E-state index in [9.17, 15) is 8.42 Å². The Morgan fingerprint density at radius 3 is 2.57 bits per heavy atom. The molecule has 0 spiro atoms. The zero-order valence-electron chi connectivity index (χ0n) is 12.0. The Morgan fingerprint density at radius 2 is 2.10 bits per heavy atom. The van der Waals surface area contributed by atoms with Crippen molar-refractivity contribution in [2.45, 2.75) is 24.3 Å². The third-order valence-corrected chi connectivity index (χ3v) is 5.86. The minimum Gasteiger partial charge on any atom is -0.392 e. The monoisotopic (exact) mass is 328 g/mol. The lowest BCUT2D eigenvalue weighted by atomic mass is 10.1. The van der Waals surface area contributed by atoms with E-state index < -0.39 is 10.0 Å². The molecule has 1 fully saturated rings. The summed E-state index contributed by atoms with van der Waals surface area (Å²) >= 11 is 5.07. The molecular formula is C13H20N4O2S2. The molecule has 0 aliphatic carbocycles. The fraction of sp³-hybridized carbons (Fsp3) is 0.538. The van der Waals surface area contributed by atoms with Crippen molar-refractivity contribution in [2.24, 2.45) is 5.73 Å². The Labute approximate surface area is 131 Å². The molecule has 1 aliphatic rings. The van der Waals surface area contributed by atoms with Crippen LogP contribution in [0.15, 0.2) is 29.4 Å². The molecule has 21 heavy (non-hydrogen) atoms. The van der Waals surface area contributed by atoms with Gasteiger partial charge < -0.3 is 5.73 Å². The van der Waals surface area contributed by atoms with E-state index in [1.807, 2.05) is 6.92 Å². The zero-order chi connectivity index (χ0) is 15.5. The number of aromatic nitrogens is 1. The Bertz CT molecular complexity index is 583. The van der Waals surface area contributed by atoms with Crippen LogP contribution in [-0.2, 0) is 10.0 Å². The smallest absolute Gasteiger partial charge is 0.244 e. The van der Waals surface area contributed by atoms with Crippen LogP contribution in [0.4, 0.5) is 0 Å². The van der Waals surface area contributed by atoms with Gasteiger partial charge in [0.1, 0.15) is 4.90 Å². The van der Waals surface area contributed by atoms with Crippen LogP contribution in [0.1, 0.15) is 13.3 Å². The van der Waals surface area contributed by atoms with E-state index in [2.05, 4.69) is 9.88 Å². The number of nitrogens with zero attached hydrogens (tertiary/aromatic N) is 3. The summed E-state index contributed by atoms with van der Waals surface area (Å²) in [5, 5.41) is 0. The van der Waals surface area contributed by atoms with Gasteiger partial charge in [0.25, 0.3) is 0 Å². The van der Waals surface area contributed by atoms with E-state index >= 15 is 0 Å². The van der Waals surface area contributed by atoms with Crippen LogP contribution >= 0.6 is 12.2 Å². The van der Waals surface area contributed by atoms with Gasteiger partial charge in [-0.25, -0.2) is 8.42 Å². The van der Waals surface area contributed by atoms with Gasteiger partial charge in [0, 0.05) is 38.6 Å². The Balaban J connectivity index is 2.06. The van der Waals surface area contributed by atoms with Crippen LogP contribution in [0.5, 0.6) is 0 Å². The molecule has 1 aromatic rings. The van der Waals surface area contributed by atoms with Crippen molar-refractivity contribution < 1.29 is 8.42 Å². The first-order valence-electron chi connectivity index (χ1n) is 6.90. The Kier molecular flexibility index (Phi) is 5.26. The van der Waals surface area contributed by atoms with Gasteiger partial charge in [0.2, 0.25) is 10.0 Å². The fourth-order valence-corrected chi connectivity index (χ4v) is 4.25. The highest BCUT2D eigenvalue weighted by atomic mass is 32.2.